The van der Waals surface area contributed by atoms with Gasteiger partial charge in [-0.2, -0.15) is 0 Å². The zero-order valence-electron chi connectivity index (χ0n) is 55.0. The zero-order chi connectivity index (χ0) is 63.9. The Kier molecular flexibility index (Phi) is 86.8. The van der Waals surface area contributed by atoms with Crippen molar-refractivity contribution in [2.24, 2.45) is 53.3 Å². The lowest BCUT2D eigenvalue weighted by molar-refractivity contribution is -0.123. The van der Waals surface area contributed by atoms with Gasteiger partial charge < -0.3 is 14.9 Å². The molecular weight excluding hydrogens is 991 g/mol. The largest absolute Gasteiger partial charge is 0.359 e. The van der Waals surface area contributed by atoms with E-state index in [1.54, 1.807) is 69.4 Å². The Balaban J connectivity index is -0.0000000579. The van der Waals surface area contributed by atoms with Gasteiger partial charge >= 0.3 is 0 Å². The van der Waals surface area contributed by atoms with Crippen LogP contribution in [0.3, 0.4) is 0 Å². The minimum absolute atomic E-state index is 0.0278. The Morgan fingerprint density at radius 1 is 0.427 bits per heavy atom. The first kappa shape index (κ1) is 100. The molecule has 454 valence electrons. The lowest BCUT2D eigenvalue weighted by Crippen LogP contribution is -2.22. The fourth-order valence-corrected chi connectivity index (χ4v) is 1.75. The van der Waals surface area contributed by atoms with E-state index in [0.717, 1.165) is 24.2 Å². The van der Waals surface area contributed by atoms with Crippen molar-refractivity contribution in [2.45, 2.75) is 244 Å². The number of allylic oxidation sites excluding steroid dienone is 2. The molecule has 0 spiro atoms. The summed E-state index contributed by atoms with van der Waals surface area (Å²) < 4.78 is 41.3. The van der Waals surface area contributed by atoms with Crippen LogP contribution in [0, 0.1) is 53.3 Å². The second-order valence-electron chi connectivity index (χ2n) is 21.9. The van der Waals surface area contributed by atoms with Gasteiger partial charge in [0.25, 0.3) is 0 Å². The first-order valence-electron chi connectivity index (χ1n) is 26.5. The van der Waals surface area contributed by atoms with Crippen LogP contribution in [0.5, 0.6) is 0 Å². The Bertz CT molecular complexity index is 1500. The molecule has 0 saturated carbocycles. The first-order chi connectivity index (χ1) is 33.2. The van der Waals surface area contributed by atoms with E-state index >= 15 is 0 Å². The van der Waals surface area contributed by atoms with Crippen molar-refractivity contribution >= 4 is 67.1 Å². The molecule has 0 aliphatic carbocycles. The molecule has 15 heteroatoms. The summed E-state index contributed by atoms with van der Waals surface area (Å²) >= 11 is 0. The third-order valence-electron chi connectivity index (χ3n) is 8.69. The third kappa shape index (κ3) is 153. The third-order valence-corrected chi connectivity index (χ3v) is 12.1. The predicted octanol–water partition coefficient (Wildman–Crippen LogP) is 14.5. The molecule has 0 saturated heterocycles. The van der Waals surface area contributed by atoms with Crippen LogP contribution in [0.25, 0.3) is 0 Å². The normalized spacial score (nSPS) is 9.81. The molecule has 1 amide bonds. The molecule has 13 nitrogen and oxygen atoms in total. The van der Waals surface area contributed by atoms with Gasteiger partial charge in [-0.3, -0.25) is 28.8 Å². The highest BCUT2D eigenvalue weighted by Gasteiger charge is 2.06. The van der Waals surface area contributed by atoms with E-state index in [1.807, 2.05) is 83.1 Å². The monoisotopic (exact) mass is 1120 g/mol. The van der Waals surface area contributed by atoms with Gasteiger partial charge in [0.05, 0.1) is 16.9 Å². The molecule has 1 N–H and O–H groups in total. The number of rotatable bonds is 15. The molecule has 0 aromatic carbocycles. The number of hydrogen-bond acceptors (Lipinski definition) is 12. The first-order valence-corrected chi connectivity index (χ1v) is 30.4. The van der Waals surface area contributed by atoms with E-state index in [1.165, 1.54) is 36.5 Å². The smallest absolute Gasteiger partial charge is 0.222 e. The van der Waals surface area contributed by atoms with Crippen molar-refractivity contribution in [2.75, 3.05) is 19.6 Å². The zero-order valence-corrected chi connectivity index (χ0v) is 56.6. The van der Waals surface area contributed by atoms with Gasteiger partial charge in [-0.1, -0.05) is 156 Å². The molecule has 0 radical (unpaired) electrons. The van der Waals surface area contributed by atoms with Crippen LogP contribution in [0.15, 0.2) is 24.3 Å². The highest BCUT2D eigenvalue weighted by molar-refractivity contribution is 7.91. The summed E-state index contributed by atoms with van der Waals surface area (Å²) in [5.74, 6) is 4.96. The van der Waals surface area contributed by atoms with E-state index in [-0.39, 0.29) is 87.3 Å². The van der Waals surface area contributed by atoms with Gasteiger partial charge in [0.1, 0.15) is 61.2 Å². The van der Waals surface area contributed by atoms with Gasteiger partial charge in [-0.25, -0.2) is 16.8 Å². The molecule has 0 bridgehead atoms. The molecule has 0 atom stereocenters. The molecule has 0 heterocycles. The summed E-state index contributed by atoms with van der Waals surface area (Å²) in [6.07, 6.45) is 7.12. The average Bonchev–Trinajstić information content (AvgIpc) is 3.21. The highest BCUT2D eigenvalue weighted by atomic mass is 32.2. The number of nitrogens with one attached hydrogen (secondary N) is 1. The number of sulfone groups is 2. The molecule has 0 aliphatic heterocycles. The number of carbonyl (C=O) groups excluding carboxylic acids is 8. The fourth-order valence-electron chi connectivity index (χ4n) is 1.75. The summed E-state index contributed by atoms with van der Waals surface area (Å²) in [5.41, 5.74) is 2.66. The maximum absolute atomic E-state index is 10.4. The topological polar surface area (TPSA) is 217 Å². The maximum Gasteiger partial charge on any atom is 0.222 e. The molecule has 0 fully saturated rings. The number of hydrogen-bond donors (Lipinski definition) is 1. The van der Waals surface area contributed by atoms with Crippen LogP contribution >= 0.6 is 0 Å². The van der Waals surface area contributed by atoms with E-state index in [0.29, 0.717) is 12.6 Å². The number of aldehydes is 2. The summed E-state index contributed by atoms with van der Waals surface area (Å²) in [5, 5.41) is 2.07. The van der Waals surface area contributed by atoms with Gasteiger partial charge in [-0.15, -0.1) is 6.58 Å². The van der Waals surface area contributed by atoms with Crippen LogP contribution in [-0.4, -0.2) is 94.3 Å². The number of ketones is 5. The van der Waals surface area contributed by atoms with Crippen molar-refractivity contribution < 1.29 is 55.2 Å². The molecular formula is C60H125NO12S2. The van der Waals surface area contributed by atoms with Gasteiger partial charge in [0, 0.05) is 55.1 Å². The van der Waals surface area contributed by atoms with Gasteiger partial charge in [0.15, 0.2) is 0 Å². The van der Waals surface area contributed by atoms with Crippen molar-refractivity contribution in [3.8, 4) is 0 Å². The van der Waals surface area contributed by atoms with Crippen LogP contribution < -0.4 is 5.32 Å². The van der Waals surface area contributed by atoms with Crippen molar-refractivity contribution in [3.05, 3.63) is 24.3 Å². The Labute approximate surface area is 466 Å². The lowest BCUT2D eigenvalue weighted by Gasteiger charge is -2.03. The molecule has 0 aliphatic rings. The van der Waals surface area contributed by atoms with Crippen molar-refractivity contribution in [1.29, 1.82) is 0 Å². The maximum atomic E-state index is 10.4. The van der Waals surface area contributed by atoms with E-state index in [9.17, 15) is 55.2 Å². The Morgan fingerprint density at radius 3 is 0.613 bits per heavy atom. The summed E-state index contributed by atoms with van der Waals surface area (Å²) in [4.78, 5) is 79.5. The number of carbonyl (C=O) groups is 8. The summed E-state index contributed by atoms with van der Waals surface area (Å²) in [6.45, 7) is 64.6. The van der Waals surface area contributed by atoms with Crippen molar-refractivity contribution in [3.63, 3.8) is 0 Å². The van der Waals surface area contributed by atoms with E-state index in [2.05, 4.69) is 80.8 Å². The van der Waals surface area contributed by atoms with Crippen LogP contribution in [0.1, 0.15) is 233 Å². The number of Topliss-reactive ketones (excluding diaryl/α,β-unsaturated/α-hetero) is 5. The minimum Gasteiger partial charge on any atom is -0.359 e. The second-order valence-corrected chi connectivity index (χ2v) is 27.1. The van der Waals surface area contributed by atoms with Crippen LogP contribution in [0.4, 0.5) is 0 Å². The Morgan fingerprint density at radius 2 is 0.600 bits per heavy atom. The summed E-state index contributed by atoms with van der Waals surface area (Å²) in [7, 11) is -3.84. The Hall–Kier alpha value is -3.46. The van der Waals surface area contributed by atoms with E-state index in [4.69, 9.17) is 0 Å². The minimum atomic E-state index is -2.74. The predicted molar refractivity (Wildman–Crippen MR) is 327 cm³/mol. The van der Waals surface area contributed by atoms with Crippen LogP contribution in [0.2, 0.25) is 0 Å². The number of amides is 1. The van der Waals surface area contributed by atoms with Crippen LogP contribution in [-0.2, 0) is 58.0 Å². The average molecular weight is 1120 g/mol. The molecule has 0 unspecified atom stereocenters. The SMILES string of the molecule is C=C(C)CC(C)C.C=C(CC)CC(C)C.CC(=O)C(C)C.CC(=O)C(C)C.CC(=O)C(C)C.CC(=O)C(C)C.CC(=O)C(C)C.CC(C)C.CC(C)S(C)(=O)=O.CC(C)S(C)(=O)=O.CNC(=O)C(C)C.O=CCC=O. The molecule has 0 rings (SSSR count). The highest BCUT2D eigenvalue weighted by Crippen LogP contribution is 2.10. The molecule has 0 aromatic heterocycles. The van der Waals surface area contributed by atoms with Gasteiger partial charge in [0.2, 0.25) is 5.91 Å². The van der Waals surface area contributed by atoms with E-state index < -0.39 is 19.7 Å². The second kappa shape index (κ2) is 64.8. The standard InChI is InChI=1S/C8H16.C7H14.C5H11NO.5C5H10O.2C4H10O2S.C4H10.C3H4O2/c1-5-8(4)6-7(2)3;1-6(2)5-7(3)4;1-4(2)5(7)6-3;5*1-4(2)5(3)6;2*1-4(2)7(3,5)6;1-4(2)3;4-2-1-3-5/h7H,4-6H2,1-3H3;7H,1,5H2,2-4H3;4H,1-3H3,(H,6,7);5*4H,1-3H3;2*4H,1-3H3;4H,1-3H3;2-3H,1H2. The quantitative estimate of drug-likeness (QED) is 0.0920. The molecule has 0 aromatic rings. The molecule has 75 heavy (non-hydrogen) atoms. The fraction of sp³-hybridized carbons (Fsp3) is 0.800. The van der Waals surface area contributed by atoms with Crippen molar-refractivity contribution in [1.82, 2.24) is 5.32 Å². The summed E-state index contributed by atoms with van der Waals surface area (Å²) in [6, 6.07) is 0. The van der Waals surface area contributed by atoms with Gasteiger partial charge in [-0.05, 0) is 106 Å². The lowest BCUT2D eigenvalue weighted by atomic mass is 10.0.